The maximum atomic E-state index is 13.9. The van der Waals surface area contributed by atoms with Crippen molar-refractivity contribution in [2.24, 2.45) is 5.92 Å². The largest absolute Gasteiger partial charge is 0.419 e. The molecule has 0 aliphatic rings. The van der Waals surface area contributed by atoms with Crippen molar-refractivity contribution in [2.75, 3.05) is 6.54 Å². The molecule has 0 aliphatic heterocycles. The first-order valence-corrected chi connectivity index (χ1v) is 9.22. The highest BCUT2D eigenvalue weighted by Crippen LogP contribution is 2.33. The lowest BCUT2D eigenvalue weighted by atomic mass is 10.1. The van der Waals surface area contributed by atoms with Gasteiger partial charge in [0.05, 0.1) is 11.1 Å². The minimum atomic E-state index is -5.00. The van der Waals surface area contributed by atoms with Crippen molar-refractivity contribution in [3.63, 3.8) is 0 Å². The summed E-state index contributed by atoms with van der Waals surface area (Å²) in [7, 11) is 0. The highest BCUT2D eigenvalue weighted by molar-refractivity contribution is 6.10. The number of alkyl halides is 6. The summed E-state index contributed by atoms with van der Waals surface area (Å²) < 4.78 is 104. The number of carbonyl (C=O) groups excluding carboxylic acids is 2. The first-order chi connectivity index (χ1) is 14.6. The van der Waals surface area contributed by atoms with Crippen molar-refractivity contribution in [3.05, 3.63) is 70.3 Å². The number of benzene rings is 2. The average Bonchev–Trinajstić information content (AvgIpc) is 2.65. The summed E-state index contributed by atoms with van der Waals surface area (Å²) >= 11 is 0. The van der Waals surface area contributed by atoms with Gasteiger partial charge in [-0.25, -0.2) is 8.78 Å². The van der Waals surface area contributed by atoms with Crippen LogP contribution in [-0.2, 0) is 12.4 Å². The fourth-order valence-corrected chi connectivity index (χ4v) is 2.75. The Kier molecular flexibility index (Phi) is 7.31. The lowest BCUT2D eigenvalue weighted by molar-refractivity contribution is -0.140. The van der Waals surface area contributed by atoms with Crippen LogP contribution >= 0.6 is 0 Å². The molecule has 11 heteroatoms. The quantitative estimate of drug-likeness (QED) is 0.381. The monoisotopic (exact) mass is 467 g/mol. The predicted molar refractivity (Wildman–Crippen MR) is 97.6 cm³/mol. The van der Waals surface area contributed by atoms with Gasteiger partial charge in [0.15, 0.2) is 0 Å². The van der Waals surface area contributed by atoms with E-state index < -0.39 is 58.1 Å². The molecule has 0 radical (unpaired) electrons. The molecule has 0 aromatic heterocycles. The second kappa shape index (κ2) is 9.25. The molecule has 0 heterocycles. The topological polar surface area (TPSA) is 37.4 Å². The van der Waals surface area contributed by atoms with Gasteiger partial charge in [-0.2, -0.15) is 26.3 Å². The van der Waals surface area contributed by atoms with Crippen LogP contribution in [0.4, 0.5) is 35.1 Å². The van der Waals surface area contributed by atoms with Crippen LogP contribution in [0, 0.1) is 17.6 Å². The minimum absolute atomic E-state index is 0.0493. The van der Waals surface area contributed by atoms with Crippen LogP contribution < -0.4 is 0 Å². The molecule has 32 heavy (non-hydrogen) atoms. The average molecular weight is 467 g/mol. The second-order valence-electron chi connectivity index (χ2n) is 7.33. The van der Waals surface area contributed by atoms with Crippen LogP contribution in [-0.4, -0.2) is 23.3 Å². The number of rotatable bonds is 5. The summed E-state index contributed by atoms with van der Waals surface area (Å²) in [6.45, 7) is 3.20. The normalized spacial score (nSPS) is 12.2. The smallest absolute Gasteiger partial charge is 0.274 e. The minimum Gasteiger partial charge on any atom is -0.274 e. The fraction of sp³-hybridized carbons (Fsp3) is 0.333. The number of hydrogen-bond acceptors (Lipinski definition) is 2. The van der Waals surface area contributed by atoms with Crippen molar-refractivity contribution in [3.8, 4) is 0 Å². The second-order valence-corrected chi connectivity index (χ2v) is 7.33. The van der Waals surface area contributed by atoms with Crippen molar-refractivity contribution < 1.29 is 44.7 Å². The zero-order chi connectivity index (χ0) is 24.4. The summed E-state index contributed by atoms with van der Waals surface area (Å²) in [5.41, 5.74) is -4.39. The van der Waals surface area contributed by atoms with E-state index in [4.69, 9.17) is 0 Å². The first-order valence-electron chi connectivity index (χ1n) is 9.22. The molecule has 2 rings (SSSR count). The fourth-order valence-electron chi connectivity index (χ4n) is 2.75. The Morgan fingerprint density at radius 2 is 1.16 bits per heavy atom. The van der Waals surface area contributed by atoms with E-state index in [9.17, 15) is 44.7 Å². The maximum Gasteiger partial charge on any atom is 0.419 e. The van der Waals surface area contributed by atoms with Gasteiger partial charge in [-0.05, 0) is 48.7 Å². The van der Waals surface area contributed by atoms with Crippen LogP contribution in [0.15, 0.2) is 36.4 Å². The van der Waals surface area contributed by atoms with Gasteiger partial charge < -0.3 is 0 Å². The molecule has 0 spiro atoms. The SMILES string of the molecule is CC(C)CCN(C(=O)c1ccc(C(F)(F)F)c(F)c1)C(=O)c1ccc(C(F)(F)F)c(F)c1. The van der Waals surface area contributed by atoms with E-state index in [1.807, 2.05) is 0 Å². The van der Waals surface area contributed by atoms with Gasteiger partial charge in [0.1, 0.15) is 11.6 Å². The van der Waals surface area contributed by atoms with E-state index in [1.165, 1.54) is 0 Å². The van der Waals surface area contributed by atoms with Gasteiger partial charge in [0.25, 0.3) is 11.8 Å². The standard InChI is InChI=1S/C21H17F8NO2/c1-11(2)7-8-30(18(31)12-3-5-14(16(22)9-12)20(24,25)26)19(32)13-4-6-15(17(23)10-13)21(27,28)29/h3-6,9-11H,7-8H2,1-2H3. The highest BCUT2D eigenvalue weighted by Gasteiger charge is 2.36. The van der Waals surface area contributed by atoms with E-state index in [0.717, 1.165) is 0 Å². The number of nitrogens with zero attached hydrogens (tertiary/aromatic N) is 1. The lowest BCUT2D eigenvalue weighted by Crippen LogP contribution is -2.38. The van der Waals surface area contributed by atoms with Gasteiger partial charge in [0.2, 0.25) is 0 Å². The summed E-state index contributed by atoms with van der Waals surface area (Å²) in [6, 6.07) is 2.66. The molecule has 2 aromatic carbocycles. The number of carbonyl (C=O) groups is 2. The van der Waals surface area contributed by atoms with Crippen molar-refractivity contribution in [1.29, 1.82) is 0 Å². The molecule has 0 unspecified atom stereocenters. The van der Waals surface area contributed by atoms with Crippen LogP contribution in [0.1, 0.15) is 52.1 Å². The number of hydrogen-bond donors (Lipinski definition) is 0. The van der Waals surface area contributed by atoms with Crippen molar-refractivity contribution in [1.82, 2.24) is 4.90 Å². The van der Waals surface area contributed by atoms with Gasteiger partial charge in [0, 0.05) is 17.7 Å². The van der Waals surface area contributed by atoms with E-state index in [-0.39, 0.29) is 18.9 Å². The Bertz CT molecular complexity index is 936. The molecule has 2 aromatic rings. The molecule has 174 valence electrons. The van der Waals surface area contributed by atoms with Crippen LogP contribution in [0.3, 0.4) is 0 Å². The zero-order valence-corrected chi connectivity index (χ0v) is 16.7. The lowest BCUT2D eigenvalue weighted by Gasteiger charge is -2.23. The van der Waals surface area contributed by atoms with Crippen molar-refractivity contribution in [2.45, 2.75) is 32.6 Å². The van der Waals surface area contributed by atoms with Gasteiger partial charge in [-0.3, -0.25) is 14.5 Å². The summed E-state index contributed by atoms with van der Waals surface area (Å²) in [6.07, 6.45) is -9.78. The molecule has 0 atom stereocenters. The highest BCUT2D eigenvalue weighted by atomic mass is 19.4. The molecule has 0 N–H and O–H groups in total. The third kappa shape index (κ3) is 5.83. The van der Waals surface area contributed by atoms with E-state index in [0.29, 0.717) is 41.3 Å². The van der Waals surface area contributed by atoms with Gasteiger partial charge >= 0.3 is 12.4 Å². The Morgan fingerprint density at radius 3 is 1.44 bits per heavy atom. The summed E-state index contributed by atoms with van der Waals surface area (Å²) in [5, 5.41) is 0. The molecule has 0 saturated heterocycles. The van der Waals surface area contributed by atoms with Crippen LogP contribution in [0.25, 0.3) is 0 Å². The predicted octanol–water partition coefficient (Wildman–Crippen LogP) is 6.33. The molecule has 0 fully saturated rings. The maximum absolute atomic E-state index is 13.9. The summed E-state index contributed by atoms with van der Waals surface area (Å²) in [4.78, 5) is 26.1. The van der Waals surface area contributed by atoms with Crippen molar-refractivity contribution >= 4 is 11.8 Å². The zero-order valence-electron chi connectivity index (χ0n) is 16.7. The van der Waals surface area contributed by atoms with Gasteiger partial charge in [-0.1, -0.05) is 13.8 Å². The molecular formula is C21H17F8NO2. The first kappa shape index (κ1) is 25.3. The van der Waals surface area contributed by atoms with E-state index in [1.54, 1.807) is 13.8 Å². The van der Waals surface area contributed by atoms with E-state index >= 15 is 0 Å². The Hall–Kier alpha value is -2.98. The van der Waals surface area contributed by atoms with Gasteiger partial charge in [-0.15, -0.1) is 0 Å². The number of imide groups is 1. The molecule has 0 saturated carbocycles. The van der Waals surface area contributed by atoms with Crippen LogP contribution in [0.5, 0.6) is 0 Å². The molecule has 3 nitrogen and oxygen atoms in total. The number of halogens is 8. The Labute approximate surface area is 177 Å². The summed E-state index contributed by atoms with van der Waals surface area (Å²) in [5.74, 6) is -5.88. The third-order valence-electron chi connectivity index (χ3n) is 4.46. The van der Waals surface area contributed by atoms with E-state index in [2.05, 4.69) is 0 Å². The Morgan fingerprint density at radius 1 is 0.781 bits per heavy atom. The van der Waals surface area contributed by atoms with Crippen LogP contribution in [0.2, 0.25) is 0 Å². The number of amides is 2. The molecule has 2 amide bonds. The molecule has 0 bridgehead atoms. The molecule has 0 aliphatic carbocycles. The Balaban J connectivity index is 2.43. The third-order valence-corrected chi connectivity index (χ3v) is 4.46. The molecular weight excluding hydrogens is 450 g/mol.